The third kappa shape index (κ3) is 4.85. The number of carbonyl (C=O) groups is 2. The summed E-state index contributed by atoms with van der Waals surface area (Å²) in [6.07, 6.45) is 6.43. The maximum Gasteiger partial charge on any atom is 0.253 e. The van der Waals surface area contributed by atoms with E-state index in [9.17, 15) is 9.59 Å². The Morgan fingerprint density at radius 1 is 1.04 bits per heavy atom. The number of nitrogens with one attached hydrogen (secondary N) is 1. The molecule has 2 fully saturated rings. The van der Waals surface area contributed by atoms with Crippen LogP contribution in [0.1, 0.15) is 49.4 Å². The Morgan fingerprint density at radius 2 is 1.69 bits per heavy atom. The van der Waals surface area contributed by atoms with Gasteiger partial charge in [0.15, 0.2) is 0 Å². The van der Waals surface area contributed by atoms with Crippen molar-refractivity contribution in [3.8, 4) is 0 Å². The van der Waals surface area contributed by atoms with E-state index in [2.05, 4.69) is 10.2 Å². The number of nitrogens with zero attached hydrogens (tertiary/aromatic N) is 2. The lowest BCUT2D eigenvalue weighted by molar-refractivity contribution is -0.126. The average Bonchev–Trinajstić information content (AvgIpc) is 2.72. The Bertz CT molecular complexity index is 591. The summed E-state index contributed by atoms with van der Waals surface area (Å²) in [5.74, 6) is 0.860. The molecule has 0 spiro atoms. The van der Waals surface area contributed by atoms with Gasteiger partial charge in [-0.2, -0.15) is 0 Å². The number of hydrogen-bond donors (Lipinski definition) is 1. The van der Waals surface area contributed by atoms with Crippen LogP contribution in [0.15, 0.2) is 30.3 Å². The SMILES string of the molecule is CC(C(=O)NCC1CCCCC1)N1CCN(C(=O)c2ccccc2)CC1. The van der Waals surface area contributed by atoms with E-state index >= 15 is 0 Å². The van der Waals surface area contributed by atoms with Gasteiger partial charge in [-0.3, -0.25) is 14.5 Å². The van der Waals surface area contributed by atoms with Crippen LogP contribution in [-0.4, -0.2) is 60.4 Å². The summed E-state index contributed by atoms with van der Waals surface area (Å²) in [7, 11) is 0. The maximum absolute atomic E-state index is 12.5. The number of piperazine rings is 1. The lowest BCUT2D eigenvalue weighted by Crippen LogP contribution is -2.55. The van der Waals surface area contributed by atoms with Crippen molar-refractivity contribution in [3.63, 3.8) is 0 Å². The monoisotopic (exact) mass is 357 g/mol. The molecule has 1 atom stereocenters. The average molecular weight is 357 g/mol. The molecule has 1 aromatic rings. The predicted octanol–water partition coefficient (Wildman–Crippen LogP) is 2.53. The number of rotatable bonds is 5. The van der Waals surface area contributed by atoms with Gasteiger partial charge in [-0.15, -0.1) is 0 Å². The molecule has 142 valence electrons. The third-order valence-corrected chi connectivity index (χ3v) is 5.84. The van der Waals surface area contributed by atoms with Crippen molar-refractivity contribution in [2.24, 2.45) is 5.92 Å². The van der Waals surface area contributed by atoms with Gasteiger partial charge in [-0.25, -0.2) is 0 Å². The van der Waals surface area contributed by atoms with Gasteiger partial charge >= 0.3 is 0 Å². The molecule has 1 heterocycles. The van der Waals surface area contributed by atoms with Crippen molar-refractivity contribution in [1.82, 2.24) is 15.1 Å². The van der Waals surface area contributed by atoms with Crippen molar-refractivity contribution in [2.45, 2.75) is 45.1 Å². The highest BCUT2D eigenvalue weighted by molar-refractivity contribution is 5.94. The van der Waals surface area contributed by atoms with Gasteiger partial charge in [0.1, 0.15) is 0 Å². The molecular formula is C21H31N3O2. The highest BCUT2D eigenvalue weighted by Gasteiger charge is 2.28. The van der Waals surface area contributed by atoms with Crippen molar-refractivity contribution in [2.75, 3.05) is 32.7 Å². The predicted molar refractivity (Wildman–Crippen MR) is 103 cm³/mol. The van der Waals surface area contributed by atoms with E-state index in [4.69, 9.17) is 0 Å². The minimum absolute atomic E-state index is 0.0830. The first-order valence-corrected chi connectivity index (χ1v) is 10.0. The molecule has 1 aromatic carbocycles. The Balaban J connectivity index is 1.43. The molecule has 26 heavy (non-hydrogen) atoms. The largest absolute Gasteiger partial charge is 0.354 e. The zero-order chi connectivity index (χ0) is 18.4. The fourth-order valence-electron chi connectivity index (χ4n) is 4.03. The Labute approximate surface area is 156 Å². The van der Waals surface area contributed by atoms with Crippen LogP contribution in [0.25, 0.3) is 0 Å². The summed E-state index contributed by atoms with van der Waals surface area (Å²) in [5, 5.41) is 3.15. The molecule has 2 aliphatic rings. The van der Waals surface area contributed by atoms with Crippen molar-refractivity contribution in [3.05, 3.63) is 35.9 Å². The summed E-state index contributed by atoms with van der Waals surface area (Å²) in [6.45, 7) is 5.63. The van der Waals surface area contributed by atoms with Gasteiger partial charge in [0.2, 0.25) is 5.91 Å². The molecule has 1 aliphatic carbocycles. The fraction of sp³-hybridized carbons (Fsp3) is 0.619. The third-order valence-electron chi connectivity index (χ3n) is 5.84. The topological polar surface area (TPSA) is 52.7 Å². The highest BCUT2D eigenvalue weighted by Crippen LogP contribution is 2.22. The maximum atomic E-state index is 12.5. The van der Waals surface area contributed by atoms with Crippen LogP contribution in [0, 0.1) is 5.92 Å². The molecule has 0 bridgehead atoms. The van der Waals surface area contributed by atoms with Gasteiger partial charge < -0.3 is 10.2 Å². The van der Waals surface area contributed by atoms with Gasteiger partial charge in [0, 0.05) is 38.3 Å². The summed E-state index contributed by atoms with van der Waals surface area (Å²) in [5.41, 5.74) is 0.735. The Kier molecular flexibility index (Phi) is 6.67. The van der Waals surface area contributed by atoms with Gasteiger partial charge in [0.25, 0.3) is 5.91 Å². The number of hydrogen-bond acceptors (Lipinski definition) is 3. The molecule has 1 N–H and O–H groups in total. The first-order chi connectivity index (χ1) is 12.6. The second-order valence-electron chi connectivity index (χ2n) is 7.62. The zero-order valence-electron chi connectivity index (χ0n) is 15.8. The first-order valence-electron chi connectivity index (χ1n) is 10.0. The van der Waals surface area contributed by atoms with Crippen LogP contribution in [0.3, 0.4) is 0 Å². The highest BCUT2D eigenvalue weighted by atomic mass is 16.2. The fourth-order valence-corrected chi connectivity index (χ4v) is 4.03. The van der Waals surface area contributed by atoms with Crippen LogP contribution < -0.4 is 5.32 Å². The molecule has 1 aliphatic heterocycles. The number of benzene rings is 1. The minimum Gasteiger partial charge on any atom is -0.354 e. The van der Waals surface area contributed by atoms with Crippen molar-refractivity contribution < 1.29 is 9.59 Å². The molecule has 0 radical (unpaired) electrons. The quantitative estimate of drug-likeness (QED) is 0.881. The van der Waals surface area contributed by atoms with E-state index in [1.807, 2.05) is 42.2 Å². The molecule has 5 heteroatoms. The van der Waals surface area contributed by atoms with Crippen LogP contribution in [0.2, 0.25) is 0 Å². The van der Waals surface area contributed by atoms with Crippen LogP contribution in [-0.2, 0) is 4.79 Å². The van der Waals surface area contributed by atoms with Crippen molar-refractivity contribution >= 4 is 11.8 Å². The van der Waals surface area contributed by atoms with E-state index in [1.54, 1.807) is 0 Å². The molecule has 3 rings (SSSR count). The molecule has 1 unspecified atom stereocenters. The van der Waals surface area contributed by atoms with Crippen molar-refractivity contribution in [1.29, 1.82) is 0 Å². The smallest absolute Gasteiger partial charge is 0.253 e. The normalized spacial score (nSPS) is 20.6. The Hall–Kier alpha value is -1.88. The number of amides is 2. The van der Waals surface area contributed by atoms with Gasteiger partial charge in [-0.1, -0.05) is 37.5 Å². The first kappa shape index (κ1) is 18.9. The summed E-state index contributed by atoms with van der Waals surface area (Å²) in [6, 6.07) is 9.28. The van der Waals surface area contributed by atoms with Crippen LogP contribution in [0.5, 0.6) is 0 Å². The standard InChI is InChI=1S/C21H31N3O2/c1-17(20(25)22-16-18-8-4-2-5-9-18)23-12-14-24(15-13-23)21(26)19-10-6-3-7-11-19/h3,6-7,10-11,17-18H,2,4-5,8-9,12-16H2,1H3,(H,22,25). The van der Waals surface area contributed by atoms with E-state index in [1.165, 1.54) is 32.1 Å². The molecule has 1 saturated carbocycles. The second-order valence-corrected chi connectivity index (χ2v) is 7.62. The van der Waals surface area contributed by atoms with E-state index < -0.39 is 0 Å². The lowest BCUT2D eigenvalue weighted by Gasteiger charge is -2.37. The van der Waals surface area contributed by atoms with Crippen LogP contribution in [0.4, 0.5) is 0 Å². The second kappa shape index (κ2) is 9.17. The minimum atomic E-state index is -0.132. The lowest BCUT2D eigenvalue weighted by atomic mass is 9.89. The molecular weight excluding hydrogens is 326 g/mol. The van der Waals surface area contributed by atoms with E-state index in [0.717, 1.165) is 25.2 Å². The zero-order valence-corrected chi connectivity index (χ0v) is 15.8. The van der Waals surface area contributed by atoms with Crippen LogP contribution >= 0.6 is 0 Å². The van der Waals surface area contributed by atoms with E-state index in [-0.39, 0.29) is 17.9 Å². The summed E-state index contributed by atoms with van der Waals surface area (Å²) < 4.78 is 0. The van der Waals surface area contributed by atoms with E-state index in [0.29, 0.717) is 19.0 Å². The molecule has 5 nitrogen and oxygen atoms in total. The number of carbonyl (C=O) groups excluding carboxylic acids is 2. The molecule has 1 saturated heterocycles. The molecule has 0 aromatic heterocycles. The molecule has 2 amide bonds. The van der Waals surface area contributed by atoms with Gasteiger partial charge in [0.05, 0.1) is 6.04 Å². The Morgan fingerprint density at radius 3 is 2.35 bits per heavy atom. The summed E-state index contributed by atoms with van der Waals surface area (Å²) >= 11 is 0. The summed E-state index contributed by atoms with van der Waals surface area (Å²) in [4.78, 5) is 29.1. The van der Waals surface area contributed by atoms with Gasteiger partial charge in [-0.05, 0) is 37.8 Å².